The van der Waals surface area contributed by atoms with Gasteiger partial charge in [-0.2, -0.15) is 0 Å². The Morgan fingerprint density at radius 3 is 2.93 bits per heavy atom. The summed E-state index contributed by atoms with van der Waals surface area (Å²) in [4.78, 5) is 0. The van der Waals surface area contributed by atoms with E-state index in [2.05, 4.69) is 5.32 Å². The number of phenols is 1. The third-order valence-electron chi connectivity index (χ3n) is 2.74. The Kier molecular flexibility index (Phi) is 2.68. The number of nitrogens with one attached hydrogen (secondary N) is 1. The molecular weight excluding hydrogens is 181 g/mol. The molecule has 1 atom stereocenters. The van der Waals surface area contributed by atoms with Crippen LogP contribution in [0.4, 0.5) is 4.39 Å². The SMILES string of the molecule is Oc1ccc(C2CCCNC2)cc1F. The largest absolute Gasteiger partial charge is 0.505 e. The molecule has 0 spiro atoms. The third-order valence-corrected chi connectivity index (χ3v) is 2.74. The molecule has 0 aliphatic carbocycles. The average Bonchev–Trinajstić information content (AvgIpc) is 2.23. The summed E-state index contributed by atoms with van der Waals surface area (Å²) >= 11 is 0. The van der Waals surface area contributed by atoms with Crippen LogP contribution in [-0.2, 0) is 0 Å². The zero-order valence-electron chi connectivity index (χ0n) is 7.96. The minimum absolute atomic E-state index is 0.266. The van der Waals surface area contributed by atoms with Gasteiger partial charge in [0.05, 0.1) is 0 Å². The molecule has 2 rings (SSSR count). The lowest BCUT2D eigenvalue weighted by molar-refractivity contribution is 0.427. The van der Waals surface area contributed by atoms with Crippen LogP contribution in [0.25, 0.3) is 0 Å². The number of phenolic OH excluding ortho intramolecular Hbond substituents is 1. The molecule has 0 amide bonds. The molecule has 1 aliphatic heterocycles. The minimum atomic E-state index is -0.520. The molecule has 76 valence electrons. The average molecular weight is 195 g/mol. The normalized spacial score (nSPS) is 22.2. The predicted molar refractivity (Wildman–Crippen MR) is 52.9 cm³/mol. The molecule has 2 N–H and O–H groups in total. The Morgan fingerprint density at radius 2 is 2.29 bits per heavy atom. The van der Waals surface area contributed by atoms with Crippen molar-refractivity contribution in [2.75, 3.05) is 13.1 Å². The first-order chi connectivity index (χ1) is 6.77. The lowest BCUT2D eigenvalue weighted by Crippen LogP contribution is -2.28. The topological polar surface area (TPSA) is 32.3 Å². The zero-order chi connectivity index (χ0) is 9.97. The summed E-state index contributed by atoms with van der Waals surface area (Å²) in [7, 11) is 0. The van der Waals surface area contributed by atoms with Crippen molar-refractivity contribution in [1.82, 2.24) is 5.32 Å². The van der Waals surface area contributed by atoms with Gasteiger partial charge in [0.15, 0.2) is 11.6 Å². The summed E-state index contributed by atoms with van der Waals surface area (Å²) in [5.41, 5.74) is 0.979. The Bertz CT molecular complexity index is 321. The van der Waals surface area contributed by atoms with Crippen LogP contribution in [0.15, 0.2) is 18.2 Å². The van der Waals surface area contributed by atoms with Crippen LogP contribution in [0.5, 0.6) is 5.75 Å². The second-order valence-electron chi connectivity index (χ2n) is 3.75. The Labute approximate surface area is 82.8 Å². The van der Waals surface area contributed by atoms with Crippen molar-refractivity contribution in [2.45, 2.75) is 18.8 Å². The van der Waals surface area contributed by atoms with Gasteiger partial charge in [0, 0.05) is 6.54 Å². The van der Waals surface area contributed by atoms with E-state index in [0.29, 0.717) is 5.92 Å². The maximum Gasteiger partial charge on any atom is 0.165 e. The van der Waals surface area contributed by atoms with Crippen molar-refractivity contribution in [3.63, 3.8) is 0 Å². The number of aromatic hydroxyl groups is 1. The first-order valence-electron chi connectivity index (χ1n) is 4.96. The van der Waals surface area contributed by atoms with Gasteiger partial charge in [0.2, 0.25) is 0 Å². The molecular formula is C11H14FNO. The fraction of sp³-hybridized carbons (Fsp3) is 0.455. The maximum absolute atomic E-state index is 13.1. The summed E-state index contributed by atoms with van der Waals surface area (Å²) in [5.74, 6) is -0.399. The van der Waals surface area contributed by atoms with Crippen molar-refractivity contribution in [3.05, 3.63) is 29.6 Å². The van der Waals surface area contributed by atoms with Crippen molar-refractivity contribution in [3.8, 4) is 5.75 Å². The summed E-state index contributed by atoms with van der Waals surface area (Å²) in [6, 6.07) is 4.67. The van der Waals surface area contributed by atoms with E-state index in [9.17, 15) is 4.39 Å². The number of piperidine rings is 1. The molecule has 1 fully saturated rings. The van der Waals surface area contributed by atoms with Crippen molar-refractivity contribution >= 4 is 0 Å². The molecule has 0 radical (unpaired) electrons. The summed E-state index contributed by atoms with van der Waals surface area (Å²) in [6.07, 6.45) is 2.23. The lowest BCUT2D eigenvalue weighted by Gasteiger charge is -2.23. The molecule has 2 nitrogen and oxygen atoms in total. The van der Waals surface area contributed by atoms with Gasteiger partial charge in [-0.1, -0.05) is 6.07 Å². The Hall–Kier alpha value is -1.09. The van der Waals surface area contributed by atoms with Crippen LogP contribution >= 0.6 is 0 Å². The summed E-state index contributed by atoms with van der Waals surface area (Å²) in [6.45, 7) is 1.96. The standard InChI is InChI=1S/C11H14FNO/c12-10-6-8(3-4-11(10)14)9-2-1-5-13-7-9/h3-4,6,9,13-14H,1-2,5,7H2. The minimum Gasteiger partial charge on any atom is -0.505 e. The molecule has 1 aromatic rings. The summed E-state index contributed by atoms with van der Waals surface area (Å²) < 4.78 is 13.1. The fourth-order valence-corrected chi connectivity index (χ4v) is 1.91. The molecule has 14 heavy (non-hydrogen) atoms. The van der Waals surface area contributed by atoms with Gasteiger partial charge in [-0.05, 0) is 43.0 Å². The molecule has 1 heterocycles. The quantitative estimate of drug-likeness (QED) is 0.718. The zero-order valence-corrected chi connectivity index (χ0v) is 7.96. The van der Waals surface area contributed by atoms with Crippen LogP contribution in [0, 0.1) is 5.82 Å². The van der Waals surface area contributed by atoms with Gasteiger partial charge in [-0.3, -0.25) is 0 Å². The van der Waals surface area contributed by atoms with E-state index in [1.165, 1.54) is 12.1 Å². The van der Waals surface area contributed by atoms with E-state index < -0.39 is 5.82 Å². The van der Waals surface area contributed by atoms with Gasteiger partial charge in [-0.15, -0.1) is 0 Å². The van der Waals surface area contributed by atoms with Gasteiger partial charge in [0.25, 0.3) is 0 Å². The van der Waals surface area contributed by atoms with Gasteiger partial charge < -0.3 is 10.4 Å². The van der Waals surface area contributed by atoms with E-state index in [1.807, 2.05) is 0 Å². The molecule has 1 unspecified atom stereocenters. The fourth-order valence-electron chi connectivity index (χ4n) is 1.91. The lowest BCUT2D eigenvalue weighted by atomic mass is 9.91. The van der Waals surface area contributed by atoms with Crippen molar-refractivity contribution in [1.29, 1.82) is 0 Å². The molecule has 1 saturated heterocycles. The highest BCUT2D eigenvalue weighted by atomic mass is 19.1. The smallest absolute Gasteiger partial charge is 0.165 e. The van der Waals surface area contributed by atoms with E-state index in [-0.39, 0.29) is 5.75 Å². The number of hydrogen-bond donors (Lipinski definition) is 2. The molecule has 0 bridgehead atoms. The highest BCUT2D eigenvalue weighted by Gasteiger charge is 2.16. The molecule has 1 aromatic carbocycles. The van der Waals surface area contributed by atoms with E-state index in [1.54, 1.807) is 6.07 Å². The van der Waals surface area contributed by atoms with Gasteiger partial charge in [0.1, 0.15) is 0 Å². The first kappa shape index (κ1) is 9.46. The number of hydrogen-bond acceptors (Lipinski definition) is 2. The predicted octanol–water partition coefficient (Wildman–Crippen LogP) is 2.00. The molecule has 0 aromatic heterocycles. The number of halogens is 1. The van der Waals surface area contributed by atoms with Crippen molar-refractivity contribution < 1.29 is 9.50 Å². The first-order valence-corrected chi connectivity index (χ1v) is 4.96. The molecule has 1 aliphatic rings. The Morgan fingerprint density at radius 1 is 1.43 bits per heavy atom. The molecule has 3 heteroatoms. The second-order valence-corrected chi connectivity index (χ2v) is 3.75. The van der Waals surface area contributed by atoms with Crippen molar-refractivity contribution in [2.24, 2.45) is 0 Å². The molecule has 0 saturated carbocycles. The van der Waals surface area contributed by atoms with Gasteiger partial charge >= 0.3 is 0 Å². The van der Waals surface area contributed by atoms with Crippen LogP contribution < -0.4 is 5.32 Å². The highest BCUT2D eigenvalue weighted by molar-refractivity contribution is 5.30. The van der Waals surface area contributed by atoms with Crippen LogP contribution in [0.1, 0.15) is 24.3 Å². The Balaban J connectivity index is 2.18. The highest BCUT2D eigenvalue weighted by Crippen LogP contribution is 2.26. The van der Waals surface area contributed by atoms with Crippen LogP contribution in [0.2, 0.25) is 0 Å². The van der Waals surface area contributed by atoms with Crippen LogP contribution in [0.3, 0.4) is 0 Å². The third kappa shape index (κ3) is 1.87. The van der Waals surface area contributed by atoms with E-state index in [0.717, 1.165) is 31.5 Å². The summed E-state index contributed by atoms with van der Waals surface area (Å²) in [5, 5.41) is 12.3. The second kappa shape index (κ2) is 3.96. The number of benzene rings is 1. The van der Waals surface area contributed by atoms with E-state index >= 15 is 0 Å². The number of rotatable bonds is 1. The van der Waals surface area contributed by atoms with Gasteiger partial charge in [-0.25, -0.2) is 4.39 Å². The monoisotopic (exact) mass is 195 g/mol. The van der Waals surface area contributed by atoms with E-state index in [4.69, 9.17) is 5.11 Å². The van der Waals surface area contributed by atoms with Crippen LogP contribution in [-0.4, -0.2) is 18.2 Å². The maximum atomic E-state index is 13.1.